The van der Waals surface area contributed by atoms with Gasteiger partial charge in [-0.25, -0.2) is 4.79 Å². The molecule has 29 heavy (non-hydrogen) atoms. The lowest BCUT2D eigenvalue weighted by Crippen LogP contribution is -2.29. The van der Waals surface area contributed by atoms with E-state index in [4.69, 9.17) is 4.74 Å². The minimum absolute atomic E-state index is 0.0982. The fourth-order valence-electron chi connectivity index (χ4n) is 5.60. The summed E-state index contributed by atoms with van der Waals surface area (Å²) < 4.78 is 8.40. The third kappa shape index (κ3) is 5.25. The third-order valence-corrected chi connectivity index (χ3v) is 9.54. The largest absolute Gasteiger partial charge is 0.458 e. The molecule has 2 heterocycles. The van der Waals surface area contributed by atoms with Gasteiger partial charge in [0.05, 0.1) is 0 Å². The molecule has 4 heteroatoms. The molecule has 2 fully saturated rings. The molecule has 0 amide bonds. The summed E-state index contributed by atoms with van der Waals surface area (Å²) >= 11 is 3.43. The standard InChI is InChI=1S/C25H36O2S2/c1-3-5-17-7-9-18(10-8-17)19-11-13-20(14-12-19)27-25(26)24-16-23-22(29-24)15-21(28-23)6-4-2/h15-20H,3-14H2,1-2H3/t17-,18-,19-,20-. The molecule has 2 aromatic heterocycles. The van der Waals surface area contributed by atoms with Crippen molar-refractivity contribution in [3.8, 4) is 0 Å². The topological polar surface area (TPSA) is 26.3 Å². The summed E-state index contributed by atoms with van der Waals surface area (Å²) in [4.78, 5) is 14.9. The molecule has 0 spiro atoms. The van der Waals surface area contributed by atoms with Gasteiger partial charge in [0.25, 0.3) is 0 Å². The van der Waals surface area contributed by atoms with Crippen molar-refractivity contribution < 1.29 is 9.53 Å². The summed E-state index contributed by atoms with van der Waals surface area (Å²) in [6, 6.07) is 4.30. The van der Waals surface area contributed by atoms with Crippen molar-refractivity contribution in [1.29, 1.82) is 0 Å². The third-order valence-electron chi connectivity index (χ3n) is 7.20. The van der Waals surface area contributed by atoms with Crippen LogP contribution < -0.4 is 0 Å². The molecule has 4 rings (SSSR count). The maximum atomic E-state index is 12.7. The molecule has 2 aliphatic carbocycles. The highest BCUT2D eigenvalue weighted by Gasteiger charge is 2.32. The number of hydrogen-bond donors (Lipinski definition) is 0. The van der Waals surface area contributed by atoms with Crippen molar-refractivity contribution in [1.82, 2.24) is 0 Å². The predicted molar refractivity (Wildman–Crippen MR) is 125 cm³/mol. The molecule has 2 nitrogen and oxygen atoms in total. The van der Waals surface area contributed by atoms with Gasteiger partial charge < -0.3 is 4.74 Å². The van der Waals surface area contributed by atoms with Gasteiger partial charge in [-0.2, -0.15) is 0 Å². The average molecular weight is 433 g/mol. The summed E-state index contributed by atoms with van der Waals surface area (Å²) in [5.41, 5.74) is 0. The van der Waals surface area contributed by atoms with Crippen LogP contribution >= 0.6 is 22.7 Å². The maximum Gasteiger partial charge on any atom is 0.348 e. The Bertz CT molecular complexity index is 757. The van der Waals surface area contributed by atoms with Gasteiger partial charge in [-0.05, 0) is 74.8 Å². The van der Waals surface area contributed by atoms with Crippen molar-refractivity contribution in [2.75, 3.05) is 0 Å². The van der Waals surface area contributed by atoms with E-state index in [2.05, 4.69) is 19.9 Å². The van der Waals surface area contributed by atoms with E-state index in [-0.39, 0.29) is 12.1 Å². The van der Waals surface area contributed by atoms with Gasteiger partial charge in [-0.15, -0.1) is 22.7 Å². The highest BCUT2D eigenvalue weighted by molar-refractivity contribution is 7.28. The summed E-state index contributed by atoms with van der Waals surface area (Å²) in [6.07, 6.45) is 15.6. The minimum Gasteiger partial charge on any atom is -0.458 e. The Hall–Kier alpha value is -0.870. The number of fused-ring (bicyclic) bond motifs is 1. The van der Waals surface area contributed by atoms with E-state index in [0.29, 0.717) is 0 Å². The van der Waals surface area contributed by atoms with Crippen LogP contribution in [-0.4, -0.2) is 12.1 Å². The number of thiophene rings is 2. The van der Waals surface area contributed by atoms with Crippen molar-refractivity contribution >= 4 is 38.0 Å². The number of hydrogen-bond acceptors (Lipinski definition) is 4. The zero-order valence-electron chi connectivity index (χ0n) is 18.1. The molecule has 0 radical (unpaired) electrons. The Morgan fingerprint density at radius 2 is 1.55 bits per heavy atom. The first kappa shape index (κ1) is 21.4. The number of aryl methyl sites for hydroxylation is 1. The molecule has 2 aliphatic rings. The Balaban J connectivity index is 1.24. The lowest BCUT2D eigenvalue weighted by Gasteiger charge is -2.37. The van der Waals surface area contributed by atoms with E-state index >= 15 is 0 Å². The van der Waals surface area contributed by atoms with Gasteiger partial charge >= 0.3 is 5.97 Å². The fourth-order valence-corrected chi connectivity index (χ4v) is 8.01. The van der Waals surface area contributed by atoms with E-state index in [9.17, 15) is 4.79 Å². The number of ether oxygens (including phenoxy) is 1. The second-order valence-corrected chi connectivity index (χ2v) is 11.6. The number of esters is 1. The zero-order valence-corrected chi connectivity index (χ0v) is 19.7. The van der Waals surface area contributed by atoms with Gasteiger partial charge in [0.2, 0.25) is 0 Å². The van der Waals surface area contributed by atoms with Gasteiger partial charge in [0, 0.05) is 14.3 Å². The van der Waals surface area contributed by atoms with Crippen molar-refractivity contribution in [3.63, 3.8) is 0 Å². The first-order valence-corrected chi connectivity index (χ1v) is 13.5. The molecule has 0 atom stereocenters. The van der Waals surface area contributed by atoms with Gasteiger partial charge in [-0.1, -0.05) is 46.0 Å². The normalized spacial score (nSPS) is 27.9. The van der Waals surface area contributed by atoms with Gasteiger partial charge in [-0.3, -0.25) is 0 Å². The number of carbonyl (C=O) groups is 1. The van der Waals surface area contributed by atoms with E-state index in [1.165, 1.54) is 72.1 Å². The van der Waals surface area contributed by atoms with E-state index < -0.39 is 0 Å². The number of carbonyl (C=O) groups excluding carboxylic acids is 1. The molecule has 160 valence electrons. The Labute approximate surface area is 184 Å². The van der Waals surface area contributed by atoms with Crippen LogP contribution in [0, 0.1) is 17.8 Å². The maximum absolute atomic E-state index is 12.7. The summed E-state index contributed by atoms with van der Waals surface area (Å²) in [6.45, 7) is 4.53. The van der Waals surface area contributed by atoms with Crippen LogP contribution in [0.2, 0.25) is 0 Å². The number of rotatable bonds is 7. The van der Waals surface area contributed by atoms with Crippen LogP contribution in [0.25, 0.3) is 9.40 Å². The summed E-state index contributed by atoms with van der Waals surface area (Å²) in [5, 5.41) is 0. The zero-order chi connectivity index (χ0) is 20.2. The molecule has 0 saturated heterocycles. The Kier molecular flexibility index (Phi) is 7.34. The van der Waals surface area contributed by atoms with E-state index in [1.54, 1.807) is 11.3 Å². The SMILES string of the molecule is CCCc1cc2sc(C(=O)O[C@H]3CC[C@H]([C@H]4CC[C@H](CCC)CC4)CC3)cc2s1. The van der Waals surface area contributed by atoms with Crippen LogP contribution in [0.4, 0.5) is 0 Å². The highest BCUT2D eigenvalue weighted by Crippen LogP contribution is 2.42. The quantitative estimate of drug-likeness (QED) is 0.412. The summed E-state index contributed by atoms with van der Waals surface area (Å²) in [5.74, 6) is 2.70. The lowest BCUT2D eigenvalue weighted by molar-refractivity contribution is 0.0114. The van der Waals surface area contributed by atoms with Crippen molar-refractivity contribution in [2.24, 2.45) is 17.8 Å². The molecule has 2 aromatic rings. The lowest BCUT2D eigenvalue weighted by atomic mass is 9.70. The summed E-state index contributed by atoms with van der Waals surface area (Å²) in [7, 11) is 0. The van der Waals surface area contributed by atoms with Gasteiger partial charge in [0.15, 0.2) is 0 Å². The Morgan fingerprint density at radius 3 is 2.17 bits per heavy atom. The first-order chi connectivity index (χ1) is 14.2. The van der Waals surface area contributed by atoms with Crippen LogP contribution in [0.1, 0.15) is 99.0 Å². The monoisotopic (exact) mass is 432 g/mol. The van der Waals surface area contributed by atoms with E-state index in [0.717, 1.165) is 41.9 Å². The molecular weight excluding hydrogens is 396 g/mol. The fraction of sp³-hybridized carbons (Fsp3) is 0.720. The van der Waals surface area contributed by atoms with Crippen molar-refractivity contribution in [2.45, 2.75) is 97.0 Å². The molecular formula is C25H36O2S2. The molecule has 0 unspecified atom stereocenters. The molecule has 0 aliphatic heterocycles. The molecule has 0 N–H and O–H groups in total. The van der Waals surface area contributed by atoms with Crippen molar-refractivity contribution in [3.05, 3.63) is 21.9 Å². The van der Waals surface area contributed by atoms with Gasteiger partial charge in [0.1, 0.15) is 11.0 Å². The van der Waals surface area contributed by atoms with Crippen LogP contribution in [0.15, 0.2) is 12.1 Å². The smallest absolute Gasteiger partial charge is 0.348 e. The predicted octanol–water partition coefficient (Wildman–Crippen LogP) is 8.24. The Morgan fingerprint density at radius 1 is 0.897 bits per heavy atom. The minimum atomic E-state index is -0.0982. The van der Waals surface area contributed by atoms with Crippen LogP contribution in [0.3, 0.4) is 0 Å². The first-order valence-electron chi connectivity index (χ1n) is 11.9. The van der Waals surface area contributed by atoms with Crippen LogP contribution in [-0.2, 0) is 11.2 Å². The van der Waals surface area contributed by atoms with Crippen LogP contribution in [0.5, 0.6) is 0 Å². The highest BCUT2D eigenvalue weighted by atomic mass is 32.1. The molecule has 2 saturated carbocycles. The molecule has 0 bridgehead atoms. The van der Waals surface area contributed by atoms with E-state index in [1.807, 2.05) is 17.4 Å². The second kappa shape index (κ2) is 9.96. The second-order valence-electron chi connectivity index (χ2n) is 9.31. The molecule has 0 aromatic carbocycles. The average Bonchev–Trinajstić information content (AvgIpc) is 3.29.